The van der Waals surface area contributed by atoms with Gasteiger partial charge in [0.25, 0.3) is 0 Å². The molecule has 0 fully saturated rings. The van der Waals surface area contributed by atoms with Crippen molar-refractivity contribution < 1.29 is 195 Å². The fourth-order valence-corrected chi connectivity index (χ4v) is 12.5. The van der Waals surface area contributed by atoms with Crippen LogP contribution in [0.5, 0.6) is 0 Å². The second-order valence-electron chi connectivity index (χ2n) is 30.7. The molecule has 61 heteroatoms. The van der Waals surface area contributed by atoms with Gasteiger partial charge in [-0.15, -0.1) is 0 Å². The van der Waals surface area contributed by atoms with E-state index in [0.717, 1.165) is 0 Å². The standard InChI is InChI=1S/C28H46O13S6.C17H28O8S4.C15H26O6S3.C13H20O8S4.C12H20O6S3/c29-21(1-7-42)36-15-27(16-37-22(30)2-8-43,17-38-23(31)3-9-44)13-35-14-28(18-39-24(32)4-10-45,19-40-25(33)5-11-46)20-41-26(34)6-12-47;18-13(1-5-26)22-9-17(10-23-14(19)2-6-27,11-24-15(20)3-7-28)12-25-16(21)4-8-29;1-2-15(9-19-12(16)3-6-22,10-20-13(17)4-7-23)11-21-14(18)5-8-24;14-9(1-22)18-5-13(6-19-10(15)2-23,7-20-11(16)3-24)8-21-12(17)4-25;1-2-12(6-16-9(13)3-19,7-17-10(14)4-20)8-18-11(15)5-21/h42-47H,1-20H2;26-29H,1-12H2;22-24H,2-11H2,1H3;22-25H,1-8H2;19-21H,2-8H2,1H3. The molecule has 846 valence electrons. The van der Waals surface area contributed by atoms with Gasteiger partial charge >= 0.3 is 119 Å². The summed E-state index contributed by atoms with van der Waals surface area (Å²) < 4.78 is 110. The van der Waals surface area contributed by atoms with Crippen molar-refractivity contribution in [2.75, 3.05) is 260 Å². The largest absolute Gasteiger partial charge is 0.465 e. The zero-order chi connectivity index (χ0) is 112. The number of ether oxygens (including phenoxy) is 21. The van der Waals surface area contributed by atoms with Crippen molar-refractivity contribution in [2.45, 2.75) is 110 Å². The van der Waals surface area contributed by atoms with Crippen LogP contribution in [0.4, 0.5) is 0 Å². The average molecular weight is 2460 g/mol. The average Bonchev–Trinajstić information content (AvgIpc) is 0.806. The van der Waals surface area contributed by atoms with E-state index < -0.39 is 152 Å². The SMILES string of the molecule is CCC(COC(=O)CCS)(COC(=O)CCS)COC(=O)CCS.CCC(COC(=O)CS)(COC(=O)CS)COC(=O)CS.O=C(CCS)OCC(COC(=O)CCS)(COC(=O)CCS)COC(=O)CCS.O=C(CCS)OCC(COCC(COC(=O)CCS)(COC(=O)CCS)COC(=O)CCS)(COC(=O)CCS)COC(=O)CCS.O=C(CS)OCC(COC(=O)CS)(COC(=O)CS)COC(=O)CS. The van der Waals surface area contributed by atoms with E-state index in [1.165, 1.54) is 0 Å². The van der Waals surface area contributed by atoms with Crippen molar-refractivity contribution in [1.29, 1.82) is 0 Å². The normalized spacial score (nSPS) is 11.0. The maximum Gasteiger partial charge on any atom is 0.315 e. The molecule has 0 atom stereocenters. The minimum absolute atomic E-state index is 0.00157. The van der Waals surface area contributed by atoms with Crippen LogP contribution >= 0.6 is 253 Å². The Morgan fingerprint density at radius 2 is 0.212 bits per heavy atom. The number of thiol groups is 20. The van der Waals surface area contributed by atoms with Gasteiger partial charge in [0, 0.05) is 74.8 Å². The minimum atomic E-state index is -1.41. The Labute approximate surface area is 961 Å². The summed E-state index contributed by atoms with van der Waals surface area (Å²) in [4.78, 5) is 235. The van der Waals surface area contributed by atoms with E-state index in [-0.39, 0.29) is 327 Å². The van der Waals surface area contributed by atoms with Crippen LogP contribution in [0.2, 0.25) is 0 Å². The maximum absolute atomic E-state index is 12.3. The highest BCUT2D eigenvalue weighted by Gasteiger charge is 2.44. The first kappa shape index (κ1) is 151. The van der Waals surface area contributed by atoms with Gasteiger partial charge in [-0.1, -0.05) is 13.8 Å². The highest BCUT2D eigenvalue weighted by Crippen LogP contribution is 2.31. The molecule has 0 aromatic carbocycles. The topological polar surface area (TPSA) is 535 Å². The van der Waals surface area contributed by atoms with Crippen LogP contribution in [0.25, 0.3) is 0 Å². The van der Waals surface area contributed by atoms with Crippen LogP contribution < -0.4 is 0 Å². The van der Waals surface area contributed by atoms with Gasteiger partial charge in [-0.25, -0.2) is 0 Å². The van der Waals surface area contributed by atoms with Gasteiger partial charge in [0.05, 0.1) is 159 Å². The Bertz CT molecular complexity index is 3320. The molecule has 0 aliphatic heterocycles. The molecule has 0 bridgehead atoms. The lowest BCUT2D eigenvalue weighted by atomic mass is 9.88. The molecule has 0 aromatic heterocycles. The highest BCUT2D eigenvalue weighted by molar-refractivity contribution is 7.83. The van der Waals surface area contributed by atoms with Crippen LogP contribution in [0.3, 0.4) is 0 Å². The fraction of sp³-hybridized carbons (Fsp3) is 0.765. The Hall–Kier alpha value is -3.64. The first-order chi connectivity index (χ1) is 69.4. The third kappa shape index (κ3) is 81.1. The van der Waals surface area contributed by atoms with Gasteiger partial charge in [0.1, 0.15) is 143 Å². The van der Waals surface area contributed by atoms with Crippen LogP contribution in [0.1, 0.15) is 110 Å². The second-order valence-corrected chi connectivity index (χ2v) is 38.7. The molecule has 41 nitrogen and oxygen atoms in total. The molecule has 0 amide bonds. The Kier molecular flexibility index (Phi) is 99.1. The molecule has 0 saturated carbocycles. The summed E-state index contributed by atoms with van der Waals surface area (Å²) in [7, 11) is 0. The van der Waals surface area contributed by atoms with Crippen molar-refractivity contribution in [3.63, 3.8) is 0 Å². The van der Waals surface area contributed by atoms with Crippen LogP contribution in [-0.4, -0.2) is 380 Å². The quantitative estimate of drug-likeness (QED) is 0.0182. The Morgan fingerprint density at radius 3 is 0.295 bits per heavy atom. The van der Waals surface area contributed by atoms with Crippen LogP contribution in [0.15, 0.2) is 0 Å². The number of hydrogen-bond acceptors (Lipinski definition) is 61. The molecule has 146 heavy (non-hydrogen) atoms. The summed E-state index contributed by atoms with van der Waals surface area (Å²) in [6.45, 7) is -1.91. The van der Waals surface area contributed by atoms with Crippen molar-refractivity contribution in [3.8, 4) is 0 Å². The molecule has 0 unspecified atom stereocenters. The summed E-state index contributed by atoms with van der Waals surface area (Å²) in [6, 6.07) is 0. The molecule has 0 saturated heterocycles. The van der Waals surface area contributed by atoms with E-state index in [1.807, 2.05) is 13.8 Å². The van der Waals surface area contributed by atoms with Gasteiger partial charge < -0.3 is 99.5 Å². The molecule has 0 aliphatic carbocycles. The summed E-state index contributed by atoms with van der Waals surface area (Å²) in [5.41, 5.74) is -6.93. The lowest BCUT2D eigenvalue weighted by molar-refractivity contribution is -0.177. The molecule has 0 radical (unpaired) electrons. The van der Waals surface area contributed by atoms with Crippen molar-refractivity contribution in [3.05, 3.63) is 0 Å². The zero-order valence-corrected chi connectivity index (χ0v) is 98.9. The second kappa shape index (κ2) is 96.0. The molecule has 0 aromatic rings. The van der Waals surface area contributed by atoms with Crippen molar-refractivity contribution in [2.24, 2.45) is 32.5 Å². The summed E-state index contributed by atoms with van der Waals surface area (Å²) in [5, 5.41) is 0. The van der Waals surface area contributed by atoms with Gasteiger partial charge in [0.15, 0.2) is 0 Å². The van der Waals surface area contributed by atoms with Crippen molar-refractivity contribution in [1.82, 2.24) is 0 Å². The molecule has 0 aliphatic rings. The van der Waals surface area contributed by atoms with E-state index in [4.69, 9.17) is 99.5 Å². The first-order valence-electron chi connectivity index (χ1n) is 44.3. The summed E-state index contributed by atoms with van der Waals surface area (Å²) in [6.07, 6.45) is 1.68. The lowest BCUT2D eigenvalue weighted by Crippen LogP contribution is -2.47. The third-order valence-electron chi connectivity index (χ3n) is 18.1. The molecular weight excluding hydrogens is 2320 g/mol. The molecular formula is C85H140O41S20. The first-order valence-corrected chi connectivity index (χ1v) is 57.0. The van der Waals surface area contributed by atoms with E-state index in [9.17, 15) is 95.9 Å². The molecule has 0 rings (SSSR count). The predicted molar refractivity (Wildman–Crippen MR) is 602 cm³/mol. The third-order valence-corrected chi connectivity index (χ3v) is 22.8. The number of carbonyl (C=O) groups excluding carboxylic acids is 20. The highest BCUT2D eigenvalue weighted by atomic mass is 32.1. The molecule has 0 N–H and O–H groups in total. The van der Waals surface area contributed by atoms with Gasteiger partial charge in [0.2, 0.25) is 0 Å². The van der Waals surface area contributed by atoms with Gasteiger partial charge in [-0.2, -0.15) is 253 Å². The number of hydrogen-bond donors (Lipinski definition) is 20. The number of esters is 20. The zero-order valence-electron chi connectivity index (χ0n) is 81.0. The predicted octanol–water partition coefficient (Wildman–Crippen LogP) is 6.22. The minimum Gasteiger partial charge on any atom is -0.465 e. The van der Waals surface area contributed by atoms with E-state index in [2.05, 4.69) is 253 Å². The lowest BCUT2D eigenvalue weighted by Gasteiger charge is -2.35. The monoisotopic (exact) mass is 2460 g/mol. The van der Waals surface area contributed by atoms with Crippen LogP contribution in [-0.2, 0) is 195 Å². The van der Waals surface area contributed by atoms with Gasteiger partial charge in [-0.3, -0.25) is 95.9 Å². The Morgan fingerprint density at radius 1 is 0.130 bits per heavy atom. The fourth-order valence-electron chi connectivity index (χ4n) is 9.46. The summed E-state index contributed by atoms with van der Waals surface area (Å²) in [5.74, 6) is -8.40. The Balaban J connectivity index is -0.000000588. The van der Waals surface area contributed by atoms with Crippen molar-refractivity contribution >= 4 is 372 Å². The summed E-state index contributed by atoms with van der Waals surface area (Å²) >= 11 is 78.6. The maximum atomic E-state index is 12.3. The smallest absolute Gasteiger partial charge is 0.315 e. The van der Waals surface area contributed by atoms with Crippen LogP contribution in [0, 0.1) is 32.5 Å². The number of rotatable bonds is 79. The number of carbonyl (C=O) groups is 20. The molecule has 0 spiro atoms. The van der Waals surface area contributed by atoms with Gasteiger partial charge in [-0.05, 0) is 12.8 Å². The van der Waals surface area contributed by atoms with E-state index >= 15 is 0 Å². The molecule has 0 heterocycles. The van der Waals surface area contributed by atoms with E-state index in [0.29, 0.717) is 30.1 Å². The van der Waals surface area contributed by atoms with E-state index in [1.54, 1.807) is 0 Å².